The Labute approximate surface area is 211 Å². The zero-order chi connectivity index (χ0) is 23.7. The molecule has 1 atom stereocenters. The Bertz CT molecular complexity index is 1300. The fraction of sp³-hybridized carbons (Fsp3) is 0.0870. The number of benzodiazepines with no additional fused rings is 1. The van der Waals surface area contributed by atoms with Crippen molar-refractivity contribution < 1.29 is 4.79 Å². The number of anilines is 3. The van der Waals surface area contributed by atoms with Crippen LogP contribution in [-0.4, -0.2) is 29.9 Å². The van der Waals surface area contributed by atoms with Gasteiger partial charge in [0, 0.05) is 33.9 Å². The smallest absolute Gasteiger partial charge is 0.272 e. The molecule has 0 radical (unpaired) electrons. The molecule has 0 saturated heterocycles. The minimum absolute atomic E-state index is 0.189. The minimum atomic E-state index is -1.02. The lowest BCUT2D eigenvalue weighted by molar-refractivity contribution is -0.119. The molecule has 0 aliphatic carbocycles. The third-order valence-electron chi connectivity index (χ3n) is 5.05. The van der Waals surface area contributed by atoms with Crippen molar-refractivity contribution in [3.05, 3.63) is 86.9 Å². The van der Waals surface area contributed by atoms with Crippen LogP contribution in [0.3, 0.4) is 0 Å². The number of carbonyl (C=O) groups is 1. The standard InChI is InChI=1S/C23H18Cl3N5OS/c1-31-19-9-6-12(24)10-15(19)20(14-4-2-3-5-16(14)25)29-21(22(31)32)30-23(33)28-13-7-8-18(27)17(26)11-13/h2-11,21H,27H2,1H3,(H2,28,30,33). The normalized spacial score (nSPS) is 15.4. The summed E-state index contributed by atoms with van der Waals surface area (Å²) in [5.41, 5.74) is 9.35. The molecule has 0 aromatic heterocycles. The number of thiocarbonyl (C=S) groups is 1. The van der Waals surface area contributed by atoms with Crippen LogP contribution in [0.25, 0.3) is 0 Å². The third kappa shape index (κ3) is 4.91. The van der Waals surface area contributed by atoms with E-state index >= 15 is 0 Å². The van der Waals surface area contributed by atoms with Gasteiger partial charge in [0.2, 0.25) is 6.17 Å². The van der Waals surface area contributed by atoms with Crippen LogP contribution in [0.4, 0.5) is 17.1 Å². The van der Waals surface area contributed by atoms with E-state index in [1.807, 2.05) is 18.2 Å². The van der Waals surface area contributed by atoms with Crippen LogP contribution in [-0.2, 0) is 4.79 Å². The molecule has 10 heteroatoms. The quantitative estimate of drug-likeness (QED) is 0.321. The van der Waals surface area contributed by atoms with Crippen LogP contribution in [0.5, 0.6) is 0 Å². The van der Waals surface area contributed by atoms with E-state index < -0.39 is 6.17 Å². The van der Waals surface area contributed by atoms with Crippen molar-refractivity contribution >= 4 is 80.8 Å². The maximum Gasteiger partial charge on any atom is 0.272 e. The molecule has 1 heterocycles. The van der Waals surface area contributed by atoms with E-state index in [1.54, 1.807) is 49.5 Å². The molecule has 1 aliphatic heterocycles. The highest BCUT2D eigenvalue weighted by atomic mass is 35.5. The Morgan fingerprint density at radius 3 is 2.52 bits per heavy atom. The highest BCUT2D eigenvalue weighted by Crippen LogP contribution is 2.32. The number of rotatable bonds is 3. The van der Waals surface area contributed by atoms with E-state index in [9.17, 15) is 4.79 Å². The summed E-state index contributed by atoms with van der Waals surface area (Å²) in [6, 6.07) is 17.6. The fourth-order valence-electron chi connectivity index (χ4n) is 3.40. The highest BCUT2D eigenvalue weighted by Gasteiger charge is 2.31. The van der Waals surface area contributed by atoms with Gasteiger partial charge in [0.25, 0.3) is 5.91 Å². The maximum absolute atomic E-state index is 13.3. The Balaban J connectivity index is 1.73. The van der Waals surface area contributed by atoms with E-state index in [0.29, 0.717) is 49.0 Å². The second-order valence-electron chi connectivity index (χ2n) is 7.25. The number of amides is 1. The predicted octanol–water partition coefficient (Wildman–Crippen LogP) is 5.36. The molecule has 168 valence electrons. The van der Waals surface area contributed by atoms with Crippen LogP contribution in [0.2, 0.25) is 15.1 Å². The Morgan fingerprint density at radius 1 is 1.03 bits per heavy atom. The van der Waals surface area contributed by atoms with Gasteiger partial charge in [-0.3, -0.25) is 4.79 Å². The number of hydrogen-bond acceptors (Lipinski definition) is 4. The first-order valence-electron chi connectivity index (χ1n) is 9.77. The second kappa shape index (κ2) is 9.57. The predicted molar refractivity (Wildman–Crippen MR) is 141 cm³/mol. The van der Waals surface area contributed by atoms with Gasteiger partial charge in [-0.05, 0) is 54.7 Å². The fourth-order valence-corrected chi connectivity index (χ4v) is 4.21. The number of fused-ring (bicyclic) bond motifs is 1. The number of benzene rings is 3. The summed E-state index contributed by atoms with van der Waals surface area (Å²) in [7, 11) is 1.67. The molecule has 3 aromatic rings. The molecule has 0 spiro atoms. The molecule has 0 fully saturated rings. The summed E-state index contributed by atoms with van der Waals surface area (Å²) in [5, 5.41) is 7.57. The average Bonchev–Trinajstić information content (AvgIpc) is 2.87. The van der Waals surface area contributed by atoms with Crippen molar-refractivity contribution in [3.63, 3.8) is 0 Å². The van der Waals surface area contributed by atoms with Crippen molar-refractivity contribution in [1.29, 1.82) is 0 Å². The molecule has 4 N–H and O–H groups in total. The van der Waals surface area contributed by atoms with Gasteiger partial charge in [0.1, 0.15) is 0 Å². The third-order valence-corrected chi connectivity index (χ3v) is 6.16. The van der Waals surface area contributed by atoms with Crippen molar-refractivity contribution in [1.82, 2.24) is 5.32 Å². The molecule has 1 amide bonds. The first-order chi connectivity index (χ1) is 15.7. The van der Waals surface area contributed by atoms with E-state index in [-0.39, 0.29) is 11.0 Å². The largest absolute Gasteiger partial charge is 0.398 e. The zero-order valence-corrected chi connectivity index (χ0v) is 20.4. The minimum Gasteiger partial charge on any atom is -0.398 e. The van der Waals surface area contributed by atoms with E-state index in [0.717, 1.165) is 0 Å². The average molecular weight is 519 g/mol. The van der Waals surface area contributed by atoms with Crippen LogP contribution >= 0.6 is 47.0 Å². The first-order valence-corrected chi connectivity index (χ1v) is 11.3. The maximum atomic E-state index is 13.3. The lowest BCUT2D eigenvalue weighted by atomic mass is 10.00. The number of carbonyl (C=O) groups excluding carboxylic acids is 1. The molecule has 4 rings (SSSR count). The van der Waals surface area contributed by atoms with Crippen molar-refractivity contribution in [3.8, 4) is 0 Å². The van der Waals surface area contributed by atoms with Gasteiger partial charge in [-0.2, -0.15) is 0 Å². The summed E-state index contributed by atoms with van der Waals surface area (Å²) in [5.74, 6) is -0.305. The molecule has 1 aliphatic rings. The van der Waals surface area contributed by atoms with Gasteiger partial charge in [0.15, 0.2) is 5.11 Å². The number of nitrogens with zero attached hydrogens (tertiary/aromatic N) is 2. The molecule has 6 nitrogen and oxygen atoms in total. The molecular weight excluding hydrogens is 501 g/mol. The topological polar surface area (TPSA) is 82.8 Å². The highest BCUT2D eigenvalue weighted by molar-refractivity contribution is 7.80. The van der Waals surface area contributed by atoms with Crippen molar-refractivity contribution in [2.24, 2.45) is 4.99 Å². The lowest BCUT2D eigenvalue weighted by Crippen LogP contribution is -2.47. The molecule has 33 heavy (non-hydrogen) atoms. The molecule has 0 bridgehead atoms. The summed E-state index contributed by atoms with van der Waals surface area (Å²) in [6.07, 6.45) is -1.02. The molecule has 3 aromatic carbocycles. The van der Waals surface area contributed by atoms with Gasteiger partial charge in [-0.25, -0.2) is 4.99 Å². The number of nitrogens with one attached hydrogen (secondary N) is 2. The van der Waals surface area contributed by atoms with E-state index in [2.05, 4.69) is 10.6 Å². The number of nitrogens with two attached hydrogens (primary N) is 1. The van der Waals surface area contributed by atoms with Crippen LogP contribution in [0.1, 0.15) is 11.1 Å². The van der Waals surface area contributed by atoms with E-state index in [4.69, 9.17) is 57.7 Å². The second-order valence-corrected chi connectivity index (χ2v) is 8.91. The van der Waals surface area contributed by atoms with Gasteiger partial charge in [0.05, 0.1) is 22.1 Å². The Morgan fingerprint density at radius 2 is 1.79 bits per heavy atom. The summed E-state index contributed by atoms with van der Waals surface area (Å²) >= 11 is 24.3. The monoisotopic (exact) mass is 517 g/mol. The SMILES string of the molecule is CN1C(=O)C(NC(=S)Nc2ccc(N)c(Cl)c2)N=C(c2ccccc2Cl)c2cc(Cl)ccc21. The number of aliphatic imine (C=N–C) groups is 1. The number of likely N-dealkylation sites (N-methyl/N-ethyl adjacent to an activating group) is 1. The van der Waals surface area contributed by atoms with Crippen molar-refractivity contribution in [2.75, 3.05) is 23.0 Å². The lowest BCUT2D eigenvalue weighted by Gasteiger charge is -2.22. The molecular formula is C23H18Cl3N5OS. The van der Waals surface area contributed by atoms with Gasteiger partial charge < -0.3 is 21.3 Å². The molecule has 0 saturated carbocycles. The Kier molecular flexibility index (Phi) is 6.76. The van der Waals surface area contributed by atoms with Crippen LogP contribution in [0.15, 0.2) is 65.7 Å². The van der Waals surface area contributed by atoms with Crippen LogP contribution in [0, 0.1) is 0 Å². The summed E-state index contributed by atoms with van der Waals surface area (Å²) in [4.78, 5) is 19.6. The van der Waals surface area contributed by atoms with Gasteiger partial charge >= 0.3 is 0 Å². The summed E-state index contributed by atoms with van der Waals surface area (Å²) < 4.78 is 0. The van der Waals surface area contributed by atoms with Crippen molar-refractivity contribution in [2.45, 2.75) is 6.17 Å². The van der Waals surface area contributed by atoms with Crippen LogP contribution < -0.4 is 21.3 Å². The number of hydrogen-bond donors (Lipinski definition) is 3. The van der Waals surface area contributed by atoms with Gasteiger partial charge in [-0.1, -0.05) is 53.0 Å². The summed E-state index contributed by atoms with van der Waals surface area (Å²) in [6.45, 7) is 0. The first kappa shape index (κ1) is 23.3. The Hall–Kier alpha value is -2.84. The van der Waals surface area contributed by atoms with Gasteiger partial charge in [-0.15, -0.1) is 0 Å². The molecule has 1 unspecified atom stereocenters. The zero-order valence-electron chi connectivity index (χ0n) is 17.3. The number of halogens is 3. The van der Waals surface area contributed by atoms with E-state index in [1.165, 1.54) is 4.90 Å². The number of nitrogen functional groups attached to an aromatic ring is 1.